The average Bonchev–Trinajstić information content (AvgIpc) is 3.21. The number of nitrogens with two attached hydrogens (primary N) is 1. The highest BCUT2D eigenvalue weighted by molar-refractivity contribution is 5.95. The molecule has 1 aliphatic heterocycles. The summed E-state index contributed by atoms with van der Waals surface area (Å²) >= 11 is 0. The molecule has 1 aliphatic rings. The molecule has 1 aromatic heterocycles. The van der Waals surface area contributed by atoms with E-state index < -0.39 is 0 Å². The van der Waals surface area contributed by atoms with Crippen LogP contribution in [0.5, 0.6) is 0 Å². The predicted molar refractivity (Wildman–Crippen MR) is 121 cm³/mol. The number of aromatic nitrogens is 2. The summed E-state index contributed by atoms with van der Waals surface area (Å²) in [6, 6.07) is 13.9. The molecule has 4 rings (SSSR count). The molecule has 0 saturated carbocycles. The Balaban J connectivity index is 0.00000256. The summed E-state index contributed by atoms with van der Waals surface area (Å²) in [5.41, 5.74) is 11.0. The maximum absolute atomic E-state index is 12.8. The molecule has 0 saturated heterocycles. The van der Waals surface area contributed by atoms with Crippen LogP contribution in [0.4, 0.5) is 11.4 Å². The van der Waals surface area contributed by atoms with Crippen molar-refractivity contribution in [1.29, 1.82) is 0 Å². The van der Waals surface area contributed by atoms with E-state index in [-0.39, 0.29) is 18.3 Å². The minimum Gasteiger partial charge on any atom is -0.398 e. The number of amides is 1. The first-order valence-electron chi connectivity index (χ1n) is 10.1. The van der Waals surface area contributed by atoms with Gasteiger partial charge in [-0.1, -0.05) is 49.3 Å². The monoisotopic (exact) mass is 426 g/mol. The van der Waals surface area contributed by atoms with Crippen molar-refractivity contribution >= 4 is 29.7 Å². The van der Waals surface area contributed by atoms with Crippen LogP contribution in [0.3, 0.4) is 0 Å². The maximum atomic E-state index is 12.8. The van der Waals surface area contributed by atoms with Gasteiger partial charge in [-0.2, -0.15) is 4.98 Å². The molecule has 2 heterocycles. The first kappa shape index (κ1) is 21.8. The van der Waals surface area contributed by atoms with Crippen molar-refractivity contribution in [3.8, 4) is 11.4 Å². The Morgan fingerprint density at radius 2 is 1.97 bits per heavy atom. The number of nitrogen functional groups attached to an aromatic ring is 1. The molecule has 1 amide bonds. The minimum atomic E-state index is 0. The normalized spacial score (nSPS) is 13.1. The lowest BCUT2D eigenvalue weighted by Crippen LogP contribution is -2.35. The number of hydrogen-bond donors (Lipinski definition) is 1. The van der Waals surface area contributed by atoms with Crippen LogP contribution in [-0.2, 0) is 17.6 Å². The van der Waals surface area contributed by atoms with E-state index in [1.807, 2.05) is 35.2 Å². The van der Waals surface area contributed by atoms with Crippen LogP contribution in [0.2, 0.25) is 0 Å². The maximum Gasteiger partial charge on any atom is 0.227 e. The molecule has 0 bridgehead atoms. The molecular formula is C23H27ClN4O2. The van der Waals surface area contributed by atoms with Crippen LogP contribution in [0, 0.1) is 0 Å². The first-order chi connectivity index (χ1) is 14.0. The number of rotatable bonds is 5. The molecular weight excluding hydrogens is 400 g/mol. The molecule has 0 spiro atoms. The van der Waals surface area contributed by atoms with Crippen LogP contribution in [-0.4, -0.2) is 22.6 Å². The van der Waals surface area contributed by atoms with Crippen molar-refractivity contribution < 1.29 is 9.32 Å². The van der Waals surface area contributed by atoms with Gasteiger partial charge in [0.2, 0.25) is 17.6 Å². The molecule has 0 fully saturated rings. The van der Waals surface area contributed by atoms with E-state index in [0.29, 0.717) is 37.0 Å². The number of halogens is 1. The van der Waals surface area contributed by atoms with Gasteiger partial charge in [0.25, 0.3) is 0 Å². The van der Waals surface area contributed by atoms with Crippen LogP contribution in [0.25, 0.3) is 11.4 Å². The Kier molecular flexibility index (Phi) is 6.77. The van der Waals surface area contributed by atoms with Crippen molar-refractivity contribution in [2.45, 2.75) is 45.4 Å². The van der Waals surface area contributed by atoms with Crippen LogP contribution in [0.1, 0.15) is 49.6 Å². The van der Waals surface area contributed by atoms with Crippen molar-refractivity contribution in [1.82, 2.24) is 10.1 Å². The zero-order valence-corrected chi connectivity index (χ0v) is 18.1. The molecule has 158 valence electrons. The number of aryl methyl sites for hydroxylation is 1. The third kappa shape index (κ3) is 4.49. The highest BCUT2D eigenvalue weighted by Crippen LogP contribution is 2.31. The van der Waals surface area contributed by atoms with Gasteiger partial charge in [0, 0.05) is 36.3 Å². The molecule has 2 aromatic carbocycles. The van der Waals surface area contributed by atoms with E-state index in [2.05, 4.69) is 36.1 Å². The van der Waals surface area contributed by atoms with Crippen LogP contribution >= 0.6 is 12.4 Å². The summed E-state index contributed by atoms with van der Waals surface area (Å²) in [7, 11) is 0. The van der Waals surface area contributed by atoms with Gasteiger partial charge >= 0.3 is 0 Å². The predicted octanol–water partition coefficient (Wildman–Crippen LogP) is 4.78. The summed E-state index contributed by atoms with van der Waals surface area (Å²) in [6.45, 7) is 5.04. The Morgan fingerprint density at radius 3 is 2.70 bits per heavy atom. The summed E-state index contributed by atoms with van der Waals surface area (Å²) in [5.74, 6) is 1.56. The molecule has 0 aliphatic carbocycles. The molecule has 0 unspecified atom stereocenters. The van der Waals surface area contributed by atoms with Gasteiger partial charge in [0.15, 0.2) is 0 Å². The van der Waals surface area contributed by atoms with Crippen molar-refractivity contribution in [2.75, 3.05) is 17.2 Å². The number of carbonyl (C=O) groups excluding carboxylic acids is 1. The highest BCUT2D eigenvalue weighted by atomic mass is 35.5. The fraction of sp³-hybridized carbons (Fsp3) is 0.348. The summed E-state index contributed by atoms with van der Waals surface area (Å²) in [5, 5.41) is 4.07. The molecule has 6 nitrogen and oxygen atoms in total. The van der Waals surface area contributed by atoms with E-state index in [1.54, 1.807) is 0 Å². The lowest BCUT2D eigenvalue weighted by atomic mass is 9.99. The van der Waals surface area contributed by atoms with Gasteiger partial charge in [-0.25, -0.2) is 0 Å². The first-order valence-corrected chi connectivity index (χ1v) is 10.1. The smallest absolute Gasteiger partial charge is 0.227 e. The van der Waals surface area contributed by atoms with Crippen LogP contribution in [0.15, 0.2) is 47.0 Å². The topological polar surface area (TPSA) is 85.2 Å². The number of anilines is 2. The highest BCUT2D eigenvalue weighted by Gasteiger charge is 2.24. The molecule has 7 heteroatoms. The summed E-state index contributed by atoms with van der Waals surface area (Å²) in [4.78, 5) is 19.1. The van der Waals surface area contributed by atoms with Gasteiger partial charge in [-0.05, 0) is 42.0 Å². The van der Waals surface area contributed by atoms with Crippen molar-refractivity contribution in [2.24, 2.45) is 0 Å². The van der Waals surface area contributed by atoms with E-state index in [1.165, 1.54) is 5.56 Å². The third-order valence-electron chi connectivity index (χ3n) is 5.44. The summed E-state index contributed by atoms with van der Waals surface area (Å²) in [6.07, 6.45) is 2.57. The van der Waals surface area contributed by atoms with Gasteiger partial charge in [0.05, 0.1) is 0 Å². The van der Waals surface area contributed by atoms with E-state index in [9.17, 15) is 4.79 Å². The number of benzene rings is 2. The second kappa shape index (κ2) is 9.30. The second-order valence-corrected chi connectivity index (χ2v) is 7.78. The molecule has 30 heavy (non-hydrogen) atoms. The number of nitrogens with zero attached hydrogens (tertiary/aromatic N) is 3. The minimum absolute atomic E-state index is 0. The fourth-order valence-corrected chi connectivity index (χ4v) is 3.75. The lowest BCUT2D eigenvalue weighted by molar-refractivity contribution is -0.118. The average molecular weight is 427 g/mol. The van der Waals surface area contributed by atoms with Gasteiger partial charge < -0.3 is 15.2 Å². The number of fused-ring (bicyclic) bond motifs is 1. The lowest BCUT2D eigenvalue weighted by Gasteiger charge is -2.30. The fourth-order valence-electron chi connectivity index (χ4n) is 3.75. The zero-order chi connectivity index (χ0) is 20.4. The summed E-state index contributed by atoms with van der Waals surface area (Å²) < 4.78 is 5.37. The van der Waals surface area contributed by atoms with Crippen molar-refractivity contribution in [3.63, 3.8) is 0 Å². The number of carbonyl (C=O) groups is 1. The van der Waals surface area contributed by atoms with E-state index in [0.717, 1.165) is 35.3 Å². The third-order valence-corrected chi connectivity index (χ3v) is 5.44. The Labute approximate surface area is 182 Å². The Bertz CT molecular complexity index is 1010. The molecule has 3 aromatic rings. The van der Waals surface area contributed by atoms with Gasteiger partial charge in [-0.3, -0.25) is 4.79 Å². The SMILES string of the molecule is CC(C)c1ccc(-c2noc(CCC(=O)N3CCCc4c(N)cccc43)n2)cc1.Cl. The second-order valence-electron chi connectivity index (χ2n) is 7.78. The zero-order valence-electron chi connectivity index (χ0n) is 17.3. The van der Waals surface area contributed by atoms with Gasteiger partial charge in [0.1, 0.15) is 0 Å². The standard InChI is InChI=1S/C23H26N4O2.ClH/c1-15(2)16-8-10-17(11-9-16)23-25-21(29-26-23)12-13-22(28)27-14-4-5-18-19(24)6-3-7-20(18)27;/h3,6-11,15H,4-5,12-14,24H2,1-2H3;1H. The molecule has 0 atom stereocenters. The molecule has 2 N–H and O–H groups in total. The quantitative estimate of drug-likeness (QED) is 0.593. The Hall–Kier alpha value is -2.86. The van der Waals surface area contributed by atoms with Gasteiger partial charge in [-0.15, -0.1) is 12.4 Å². The van der Waals surface area contributed by atoms with Crippen LogP contribution < -0.4 is 10.6 Å². The Morgan fingerprint density at radius 1 is 1.20 bits per heavy atom. The van der Waals surface area contributed by atoms with Crippen molar-refractivity contribution in [3.05, 3.63) is 59.5 Å². The largest absolute Gasteiger partial charge is 0.398 e. The number of hydrogen-bond acceptors (Lipinski definition) is 5. The van der Waals surface area contributed by atoms with E-state index in [4.69, 9.17) is 10.3 Å². The molecule has 0 radical (unpaired) electrons. The van der Waals surface area contributed by atoms with E-state index >= 15 is 0 Å².